The third-order valence-corrected chi connectivity index (χ3v) is 2.28. The lowest BCUT2D eigenvalue weighted by atomic mass is 10.3. The Morgan fingerprint density at radius 2 is 2.11 bits per heavy atom. The van der Waals surface area contributed by atoms with Gasteiger partial charge in [0.1, 0.15) is 5.75 Å². The molecule has 6 nitrogen and oxygen atoms in total. The van der Waals surface area contributed by atoms with Crippen molar-refractivity contribution in [2.24, 2.45) is 0 Å². The Bertz CT molecular complexity index is 453. The van der Waals surface area contributed by atoms with Crippen LogP contribution in [0.3, 0.4) is 0 Å². The molecule has 0 fully saturated rings. The second-order valence-corrected chi connectivity index (χ2v) is 3.99. The van der Waals surface area contributed by atoms with Crippen molar-refractivity contribution < 1.29 is 19.1 Å². The smallest absolute Gasteiger partial charge is 0.426 e. The van der Waals surface area contributed by atoms with Crippen LogP contribution in [0.15, 0.2) is 24.3 Å². The molecule has 0 aliphatic heterocycles. The van der Waals surface area contributed by atoms with E-state index in [0.717, 1.165) is 0 Å². The summed E-state index contributed by atoms with van der Waals surface area (Å²) < 4.78 is 9.94. The van der Waals surface area contributed by atoms with Crippen LogP contribution in [0.25, 0.3) is 0 Å². The van der Waals surface area contributed by atoms with Gasteiger partial charge in [-0.15, -0.1) is 0 Å². The van der Waals surface area contributed by atoms with E-state index >= 15 is 0 Å². The van der Waals surface area contributed by atoms with Gasteiger partial charge in [0.2, 0.25) is 0 Å². The van der Waals surface area contributed by atoms with Gasteiger partial charge in [-0.3, -0.25) is 10.2 Å². The fraction of sp³-hybridized carbons (Fsp3) is 0.333. The zero-order valence-corrected chi connectivity index (χ0v) is 11.4. The van der Waals surface area contributed by atoms with E-state index in [2.05, 4.69) is 15.6 Å². The number of carbonyl (C=O) groups is 2. The predicted octanol–water partition coefficient (Wildman–Crippen LogP) is 1.88. The van der Waals surface area contributed by atoms with Crippen molar-refractivity contribution in [3.05, 3.63) is 29.3 Å². The van der Waals surface area contributed by atoms with E-state index in [1.54, 1.807) is 38.1 Å². The van der Waals surface area contributed by atoms with Crippen molar-refractivity contribution in [1.82, 2.24) is 10.9 Å². The van der Waals surface area contributed by atoms with Crippen molar-refractivity contribution in [3.8, 4) is 5.75 Å². The zero-order chi connectivity index (χ0) is 14.3. The Kier molecular flexibility index (Phi) is 5.95. The first-order valence-electron chi connectivity index (χ1n) is 5.67. The first-order chi connectivity index (χ1) is 9.02. The maximum atomic E-state index is 11.6. The predicted molar refractivity (Wildman–Crippen MR) is 69.8 cm³/mol. The van der Waals surface area contributed by atoms with Crippen LogP contribution in [0.2, 0.25) is 5.02 Å². The number of benzene rings is 1. The van der Waals surface area contributed by atoms with Gasteiger partial charge in [-0.25, -0.2) is 10.2 Å². The van der Waals surface area contributed by atoms with Gasteiger partial charge in [0.15, 0.2) is 6.10 Å². The molecule has 1 aromatic carbocycles. The fourth-order valence-corrected chi connectivity index (χ4v) is 1.36. The lowest BCUT2D eigenvalue weighted by Crippen LogP contribution is -2.47. The van der Waals surface area contributed by atoms with Gasteiger partial charge in [0, 0.05) is 5.02 Å². The molecule has 0 saturated carbocycles. The van der Waals surface area contributed by atoms with Crippen LogP contribution in [0.1, 0.15) is 13.8 Å². The number of halogens is 1. The molecule has 104 valence electrons. The third kappa shape index (κ3) is 5.48. The maximum Gasteiger partial charge on any atom is 0.426 e. The van der Waals surface area contributed by atoms with Crippen molar-refractivity contribution in [2.45, 2.75) is 20.0 Å². The highest BCUT2D eigenvalue weighted by atomic mass is 35.5. The summed E-state index contributed by atoms with van der Waals surface area (Å²) in [5.41, 5.74) is 4.28. The highest BCUT2D eigenvalue weighted by Crippen LogP contribution is 2.18. The van der Waals surface area contributed by atoms with E-state index in [4.69, 9.17) is 16.3 Å². The van der Waals surface area contributed by atoms with Crippen LogP contribution < -0.4 is 15.6 Å². The molecule has 0 aliphatic carbocycles. The van der Waals surface area contributed by atoms with Gasteiger partial charge >= 0.3 is 6.09 Å². The minimum atomic E-state index is -0.791. The zero-order valence-electron chi connectivity index (χ0n) is 10.6. The number of hydrazine groups is 1. The average molecular weight is 287 g/mol. The molecule has 0 radical (unpaired) electrons. The van der Waals surface area contributed by atoms with Gasteiger partial charge in [-0.1, -0.05) is 17.7 Å². The summed E-state index contributed by atoms with van der Waals surface area (Å²) in [5.74, 6) is -0.0423. The van der Waals surface area contributed by atoms with Gasteiger partial charge in [0.05, 0.1) is 6.61 Å². The third-order valence-electron chi connectivity index (χ3n) is 2.04. The number of hydrogen-bond acceptors (Lipinski definition) is 4. The molecule has 0 heterocycles. The summed E-state index contributed by atoms with van der Waals surface area (Å²) in [5, 5.41) is 0.509. The van der Waals surface area contributed by atoms with E-state index < -0.39 is 18.1 Å². The van der Waals surface area contributed by atoms with E-state index in [1.165, 1.54) is 0 Å². The largest absolute Gasteiger partial charge is 0.481 e. The SMILES string of the molecule is CCOC(=O)NNC(=O)C(C)Oc1cccc(Cl)c1. The molecule has 2 amide bonds. The Balaban J connectivity index is 2.42. The van der Waals surface area contributed by atoms with Crippen LogP contribution in [0.5, 0.6) is 5.75 Å². The molecule has 0 aromatic heterocycles. The average Bonchev–Trinajstić information content (AvgIpc) is 2.36. The summed E-state index contributed by atoms with van der Waals surface area (Å²) in [6.45, 7) is 3.42. The van der Waals surface area contributed by atoms with Crippen LogP contribution in [-0.2, 0) is 9.53 Å². The van der Waals surface area contributed by atoms with E-state index in [0.29, 0.717) is 10.8 Å². The molecule has 0 bridgehead atoms. The summed E-state index contributed by atoms with van der Waals surface area (Å²) in [6.07, 6.45) is -1.52. The normalized spacial score (nSPS) is 11.3. The number of ether oxygens (including phenoxy) is 2. The first kappa shape index (κ1) is 15.1. The second-order valence-electron chi connectivity index (χ2n) is 3.55. The van der Waals surface area contributed by atoms with Gasteiger partial charge in [0.25, 0.3) is 5.91 Å². The highest BCUT2D eigenvalue weighted by molar-refractivity contribution is 6.30. The first-order valence-corrected chi connectivity index (χ1v) is 6.05. The Hall–Kier alpha value is -1.95. The maximum absolute atomic E-state index is 11.6. The van der Waals surface area contributed by atoms with Crippen LogP contribution in [0, 0.1) is 0 Å². The molecule has 1 aromatic rings. The Morgan fingerprint density at radius 3 is 2.74 bits per heavy atom. The minimum absolute atomic E-state index is 0.219. The van der Waals surface area contributed by atoms with Crippen molar-refractivity contribution >= 4 is 23.6 Å². The van der Waals surface area contributed by atoms with Crippen LogP contribution >= 0.6 is 11.6 Å². The molecule has 0 saturated heterocycles. The van der Waals surface area contributed by atoms with Crippen molar-refractivity contribution in [1.29, 1.82) is 0 Å². The van der Waals surface area contributed by atoms with Crippen LogP contribution in [0.4, 0.5) is 4.79 Å². The van der Waals surface area contributed by atoms with E-state index in [1.807, 2.05) is 0 Å². The molecular weight excluding hydrogens is 272 g/mol. The minimum Gasteiger partial charge on any atom is -0.481 e. The van der Waals surface area contributed by atoms with Crippen molar-refractivity contribution in [2.75, 3.05) is 6.61 Å². The number of carbonyl (C=O) groups excluding carboxylic acids is 2. The van der Waals surface area contributed by atoms with Crippen molar-refractivity contribution in [3.63, 3.8) is 0 Å². The summed E-state index contributed by atoms with van der Waals surface area (Å²) >= 11 is 5.79. The molecule has 1 atom stereocenters. The molecule has 1 unspecified atom stereocenters. The van der Waals surface area contributed by atoms with Gasteiger partial charge < -0.3 is 9.47 Å². The molecule has 1 rings (SSSR count). The standard InChI is InChI=1S/C12H15ClN2O4/c1-3-18-12(17)15-14-11(16)8(2)19-10-6-4-5-9(13)7-10/h4-8H,3H2,1-2H3,(H,14,16)(H,15,17). The molecule has 0 spiro atoms. The number of hydrogen-bond donors (Lipinski definition) is 2. The van der Waals surface area contributed by atoms with Gasteiger partial charge in [-0.2, -0.15) is 0 Å². The second kappa shape index (κ2) is 7.48. The van der Waals surface area contributed by atoms with Gasteiger partial charge in [-0.05, 0) is 32.0 Å². The number of nitrogens with one attached hydrogen (secondary N) is 2. The highest BCUT2D eigenvalue weighted by Gasteiger charge is 2.15. The molecule has 19 heavy (non-hydrogen) atoms. The van der Waals surface area contributed by atoms with E-state index in [9.17, 15) is 9.59 Å². The molecule has 0 aliphatic rings. The van der Waals surface area contributed by atoms with Crippen LogP contribution in [-0.4, -0.2) is 24.7 Å². The lowest BCUT2D eigenvalue weighted by Gasteiger charge is -2.15. The molecular formula is C12H15ClN2O4. The quantitative estimate of drug-likeness (QED) is 0.829. The Morgan fingerprint density at radius 1 is 1.37 bits per heavy atom. The topological polar surface area (TPSA) is 76.7 Å². The number of rotatable bonds is 4. The fourth-order valence-electron chi connectivity index (χ4n) is 1.18. The summed E-state index contributed by atoms with van der Waals surface area (Å²) in [6, 6.07) is 6.67. The summed E-state index contributed by atoms with van der Waals surface area (Å²) in [4.78, 5) is 22.6. The Labute approximate surface area is 116 Å². The molecule has 7 heteroatoms. The number of amides is 2. The summed E-state index contributed by atoms with van der Waals surface area (Å²) in [7, 11) is 0. The molecule has 2 N–H and O–H groups in total. The monoisotopic (exact) mass is 286 g/mol. The lowest BCUT2D eigenvalue weighted by molar-refractivity contribution is -0.128. The van der Waals surface area contributed by atoms with E-state index in [-0.39, 0.29) is 6.61 Å².